The molecule has 1 amide bonds. The van der Waals surface area contributed by atoms with Crippen LogP contribution in [-0.4, -0.2) is 24.4 Å². The SMILES string of the molecule is CN(CCC(=O)Nc1sc2c(c1C#N)CCCC2)Cc1ccc(C(F)(F)F)cc1. The number of carbonyl (C=O) groups excluding carboxylic acids is 1. The lowest BCUT2D eigenvalue weighted by Gasteiger charge is -2.17. The van der Waals surface area contributed by atoms with Crippen molar-refractivity contribution >= 4 is 22.2 Å². The van der Waals surface area contributed by atoms with Crippen LogP contribution in [-0.2, 0) is 30.4 Å². The molecular weight excluding hydrogens is 399 g/mol. The van der Waals surface area contributed by atoms with Gasteiger partial charge in [-0.1, -0.05) is 12.1 Å². The highest BCUT2D eigenvalue weighted by Gasteiger charge is 2.30. The Bertz CT molecular complexity index is 913. The van der Waals surface area contributed by atoms with Gasteiger partial charge >= 0.3 is 6.18 Å². The van der Waals surface area contributed by atoms with Crippen molar-refractivity contribution in [1.82, 2.24) is 4.90 Å². The standard InChI is InChI=1S/C21H22F3N3OS/c1-27(13-14-6-8-15(9-7-14)21(22,23)24)11-10-19(28)26-20-17(12-25)16-4-2-3-5-18(16)29-20/h6-9H,2-5,10-11,13H2,1H3,(H,26,28). The number of benzene rings is 1. The van der Waals surface area contributed by atoms with Gasteiger partial charge in [-0.2, -0.15) is 18.4 Å². The molecule has 1 aromatic heterocycles. The minimum absolute atomic E-state index is 0.167. The number of carbonyl (C=O) groups is 1. The molecule has 1 aliphatic rings. The van der Waals surface area contributed by atoms with Crippen LogP contribution in [0, 0.1) is 11.3 Å². The van der Waals surface area contributed by atoms with Gasteiger partial charge in [0.25, 0.3) is 0 Å². The Labute approximate surface area is 171 Å². The fourth-order valence-corrected chi connectivity index (χ4v) is 4.70. The Kier molecular flexibility index (Phi) is 6.60. The first-order valence-corrected chi connectivity index (χ1v) is 10.3. The normalized spacial score (nSPS) is 13.8. The van der Waals surface area contributed by atoms with Gasteiger partial charge in [-0.05, 0) is 56.0 Å². The van der Waals surface area contributed by atoms with Crippen molar-refractivity contribution in [3.8, 4) is 6.07 Å². The summed E-state index contributed by atoms with van der Waals surface area (Å²) in [4.78, 5) is 15.4. The number of halogens is 3. The highest BCUT2D eigenvalue weighted by Crippen LogP contribution is 2.37. The molecule has 29 heavy (non-hydrogen) atoms. The van der Waals surface area contributed by atoms with E-state index in [1.807, 2.05) is 11.9 Å². The number of amides is 1. The molecule has 0 saturated carbocycles. The number of alkyl halides is 3. The Morgan fingerprint density at radius 2 is 1.93 bits per heavy atom. The minimum atomic E-state index is -4.34. The third kappa shape index (κ3) is 5.37. The number of aryl methyl sites for hydroxylation is 1. The Morgan fingerprint density at radius 3 is 2.59 bits per heavy atom. The zero-order valence-corrected chi connectivity index (χ0v) is 16.9. The predicted octanol–water partition coefficient (Wildman–Crippen LogP) is 4.98. The van der Waals surface area contributed by atoms with Gasteiger partial charge in [-0.15, -0.1) is 11.3 Å². The van der Waals surface area contributed by atoms with Crippen molar-refractivity contribution in [1.29, 1.82) is 5.26 Å². The largest absolute Gasteiger partial charge is 0.416 e. The van der Waals surface area contributed by atoms with Crippen LogP contribution >= 0.6 is 11.3 Å². The van der Waals surface area contributed by atoms with Gasteiger partial charge < -0.3 is 10.2 Å². The van der Waals surface area contributed by atoms with Crippen molar-refractivity contribution < 1.29 is 18.0 Å². The number of fused-ring (bicyclic) bond motifs is 1. The zero-order chi connectivity index (χ0) is 21.0. The van der Waals surface area contributed by atoms with Crippen molar-refractivity contribution in [3.05, 3.63) is 51.4 Å². The molecule has 0 atom stereocenters. The summed E-state index contributed by atoms with van der Waals surface area (Å²) in [7, 11) is 1.81. The maximum absolute atomic E-state index is 12.6. The Balaban J connectivity index is 1.52. The van der Waals surface area contributed by atoms with E-state index in [0.717, 1.165) is 48.9 Å². The topological polar surface area (TPSA) is 56.1 Å². The molecule has 154 valence electrons. The lowest BCUT2D eigenvalue weighted by molar-refractivity contribution is -0.137. The van der Waals surface area contributed by atoms with Gasteiger partial charge in [0.1, 0.15) is 11.1 Å². The summed E-state index contributed by atoms with van der Waals surface area (Å²) in [5, 5.41) is 13.0. The van der Waals surface area contributed by atoms with E-state index in [2.05, 4.69) is 11.4 Å². The number of rotatable bonds is 6. The van der Waals surface area contributed by atoms with Crippen LogP contribution in [0.4, 0.5) is 18.2 Å². The molecule has 8 heteroatoms. The number of anilines is 1. The highest BCUT2D eigenvalue weighted by molar-refractivity contribution is 7.16. The summed E-state index contributed by atoms with van der Waals surface area (Å²) < 4.78 is 37.9. The molecule has 1 aromatic carbocycles. The van der Waals surface area contributed by atoms with Gasteiger partial charge in [0.2, 0.25) is 5.91 Å². The molecule has 0 spiro atoms. The van der Waals surface area contributed by atoms with E-state index in [1.165, 1.54) is 28.3 Å². The molecule has 0 aliphatic heterocycles. The molecular formula is C21H22F3N3OS. The second-order valence-electron chi connectivity index (χ2n) is 7.26. The van der Waals surface area contributed by atoms with Crippen molar-refractivity contribution in [3.63, 3.8) is 0 Å². The number of nitrogens with one attached hydrogen (secondary N) is 1. The molecule has 4 nitrogen and oxygen atoms in total. The summed E-state index contributed by atoms with van der Waals surface area (Å²) in [6.45, 7) is 0.905. The van der Waals surface area contributed by atoms with Crippen LogP contribution in [0.5, 0.6) is 0 Å². The van der Waals surface area contributed by atoms with E-state index in [-0.39, 0.29) is 12.3 Å². The smallest absolute Gasteiger partial charge is 0.317 e. The van der Waals surface area contributed by atoms with E-state index in [1.54, 1.807) is 0 Å². The first-order valence-electron chi connectivity index (χ1n) is 9.47. The molecule has 2 aromatic rings. The first kappa shape index (κ1) is 21.3. The maximum atomic E-state index is 12.6. The van der Waals surface area contributed by atoms with E-state index in [4.69, 9.17) is 0 Å². The highest BCUT2D eigenvalue weighted by atomic mass is 32.1. The average Bonchev–Trinajstić information content (AvgIpc) is 3.03. The Morgan fingerprint density at radius 1 is 1.24 bits per heavy atom. The summed E-state index contributed by atoms with van der Waals surface area (Å²) in [5.74, 6) is -0.167. The zero-order valence-electron chi connectivity index (χ0n) is 16.1. The summed E-state index contributed by atoms with van der Waals surface area (Å²) in [5.41, 5.74) is 1.75. The summed E-state index contributed by atoms with van der Waals surface area (Å²) in [6, 6.07) is 7.27. The number of hydrogen-bond acceptors (Lipinski definition) is 4. The van der Waals surface area contributed by atoms with Gasteiger partial charge in [0.05, 0.1) is 11.1 Å². The molecule has 3 rings (SSSR count). The van der Waals surface area contributed by atoms with Crippen LogP contribution in [0.25, 0.3) is 0 Å². The van der Waals surface area contributed by atoms with Gasteiger partial charge in [-0.3, -0.25) is 4.79 Å². The van der Waals surface area contributed by atoms with Crippen molar-refractivity contribution in [2.45, 2.75) is 44.8 Å². The second-order valence-corrected chi connectivity index (χ2v) is 8.36. The number of thiophene rings is 1. The monoisotopic (exact) mass is 421 g/mol. The van der Waals surface area contributed by atoms with Crippen LogP contribution in [0.2, 0.25) is 0 Å². The molecule has 0 fully saturated rings. The van der Waals surface area contributed by atoms with Crippen LogP contribution in [0.3, 0.4) is 0 Å². The first-order chi connectivity index (χ1) is 13.8. The Hall–Kier alpha value is -2.37. The molecule has 0 radical (unpaired) electrons. The third-order valence-corrected chi connectivity index (χ3v) is 6.20. The number of nitrogens with zero attached hydrogens (tertiary/aromatic N) is 2. The minimum Gasteiger partial charge on any atom is -0.317 e. The summed E-state index contributed by atoms with van der Waals surface area (Å²) >= 11 is 1.50. The molecule has 1 heterocycles. The third-order valence-electron chi connectivity index (χ3n) is 4.99. The van der Waals surface area contributed by atoms with E-state index >= 15 is 0 Å². The predicted molar refractivity (Wildman–Crippen MR) is 107 cm³/mol. The number of nitriles is 1. The van der Waals surface area contributed by atoms with Crippen molar-refractivity contribution in [2.75, 3.05) is 18.9 Å². The fraction of sp³-hybridized carbons (Fsp3) is 0.429. The van der Waals surface area contributed by atoms with Crippen molar-refractivity contribution in [2.24, 2.45) is 0 Å². The average molecular weight is 421 g/mol. The van der Waals surface area contributed by atoms with Crippen LogP contribution in [0.1, 0.15) is 46.4 Å². The number of hydrogen-bond donors (Lipinski definition) is 1. The molecule has 1 N–H and O–H groups in total. The van der Waals surface area contributed by atoms with E-state index in [0.29, 0.717) is 23.7 Å². The second kappa shape index (κ2) is 8.97. The fourth-order valence-electron chi connectivity index (χ4n) is 3.44. The lowest BCUT2D eigenvalue weighted by Crippen LogP contribution is -2.24. The molecule has 0 bridgehead atoms. The molecule has 0 saturated heterocycles. The molecule has 0 unspecified atom stereocenters. The van der Waals surface area contributed by atoms with E-state index < -0.39 is 11.7 Å². The quantitative estimate of drug-likeness (QED) is 0.716. The summed E-state index contributed by atoms with van der Waals surface area (Å²) in [6.07, 6.45) is -0.0711. The van der Waals surface area contributed by atoms with Gasteiger partial charge in [-0.25, -0.2) is 0 Å². The lowest BCUT2D eigenvalue weighted by atomic mass is 9.96. The van der Waals surface area contributed by atoms with Crippen LogP contribution < -0.4 is 5.32 Å². The van der Waals surface area contributed by atoms with Crippen LogP contribution in [0.15, 0.2) is 24.3 Å². The molecule has 1 aliphatic carbocycles. The van der Waals surface area contributed by atoms with Gasteiger partial charge in [0, 0.05) is 24.4 Å². The van der Waals surface area contributed by atoms with Gasteiger partial charge in [0.15, 0.2) is 0 Å². The van der Waals surface area contributed by atoms with E-state index in [9.17, 15) is 23.2 Å². The maximum Gasteiger partial charge on any atom is 0.416 e.